The number of anilines is 2. The maximum atomic E-state index is 13.5. The van der Waals surface area contributed by atoms with E-state index in [-0.39, 0.29) is 31.1 Å². The molecule has 1 N–H and O–H groups in total. The Kier molecular flexibility index (Phi) is 6.33. The van der Waals surface area contributed by atoms with Crippen molar-refractivity contribution in [2.24, 2.45) is 0 Å². The highest BCUT2D eigenvalue weighted by atomic mass is 35.5. The molecule has 0 bridgehead atoms. The van der Waals surface area contributed by atoms with Crippen LogP contribution < -0.4 is 9.62 Å². The second-order valence-corrected chi connectivity index (χ2v) is 9.73. The molecule has 3 heterocycles. The zero-order chi connectivity index (χ0) is 24.6. The number of rotatable bonds is 5. The zero-order valence-electron chi connectivity index (χ0n) is 18.2. The summed E-state index contributed by atoms with van der Waals surface area (Å²) in [6.07, 6.45) is 2.76. The first kappa shape index (κ1) is 23.5. The van der Waals surface area contributed by atoms with Gasteiger partial charge in [-0.15, -0.1) is 0 Å². The standard InChI is InChI=1S/C24H19ClF3N5OS/c25-23-21(32-35(34)18-4-2-17(26)3-5-18)12-16(13-30-23)15-1-6-19-20(11-15)31-22(14-29-19)33-9-7-24(27,28)8-10-33/h1-6,11-14,32H,7-10H2. The number of halogens is 4. The predicted molar refractivity (Wildman–Crippen MR) is 131 cm³/mol. The molecule has 11 heteroatoms. The van der Waals surface area contributed by atoms with E-state index in [0.717, 1.165) is 5.56 Å². The SMILES string of the molecule is O=S(Nc1cc(-c2ccc3ncc(N4CCC(F)(F)CC4)nc3c2)cnc1Cl)c1ccc(F)cc1. The van der Waals surface area contributed by atoms with Gasteiger partial charge in [0.25, 0.3) is 5.92 Å². The van der Waals surface area contributed by atoms with Gasteiger partial charge in [-0.25, -0.2) is 27.3 Å². The molecule has 0 spiro atoms. The van der Waals surface area contributed by atoms with Gasteiger partial charge in [0, 0.05) is 37.7 Å². The maximum absolute atomic E-state index is 13.5. The van der Waals surface area contributed by atoms with Crippen molar-refractivity contribution in [1.29, 1.82) is 0 Å². The summed E-state index contributed by atoms with van der Waals surface area (Å²) in [6, 6.07) is 12.5. The molecule has 0 amide bonds. The van der Waals surface area contributed by atoms with Crippen LogP contribution in [0, 0.1) is 5.82 Å². The van der Waals surface area contributed by atoms with Crippen LogP contribution in [0.2, 0.25) is 5.15 Å². The van der Waals surface area contributed by atoms with E-state index in [2.05, 4.69) is 19.7 Å². The molecule has 5 rings (SSSR count). The van der Waals surface area contributed by atoms with Gasteiger partial charge in [0.15, 0.2) is 5.15 Å². The first-order valence-corrected chi connectivity index (χ1v) is 12.3. The van der Waals surface area contributed by atoms with E-state index in [1.807, 2.05) is 23.1 Å². The summed E-state index contributed by atoms with van der Waals surface area (Å²) in [5.74, 6) is -2.51. The summed E-state index contributed by atoms with van der Waals surface area (Å²) in [7, 11) is -1.67. The van der Waals surface area contributed by atoms with Gasteiger partial charge in [0.05, 0.1) is 27.8 Å². The number of fused-ring (bicyclic) bond motifs is 1. The van der Waals surface area contributed by atoms with Crippen molar-refractivity contribution in [3.63, 3.8) is 0 Å². The molecule has 180 valence electrons. The van der Waals surface area contributed by atoms with Crippen molar-refractivity contribution in [2.45, 2.75) is 23.7 Å². The molecular weight excluding hydrogens is 499 g/mol. The van der Waals surface area contributed by atoms with Crippen LogP contribution in [0.3, 0.4) is 0 Å². The summed E-state index contributed by atoms with van der Waals surface area (Å²) < 4.78 is 55.7. The lowest BCUT2D eigenvalue weighted by Gasteiger charge is -2.32. The van der Waals surface area contributed by atoms with E-state index in [1.54, 1.807) is 18.5 Å². The van der Waals surface area contributed by atoms with Gasteiger partial charge in [0.1, 0.15) is 22.6 Å². The van der Waals surface area contributed by atoms with Crippen molar-refractivity contribution < 1.29 is 17.4 Å². The normalized spacial score (nSPS) is 16.3. The fraction of sp³-hybridized carbons (Fsp3) is 0.208. The largest absolute Gasteiger partial charge is 0.355 e. The van der Waals surface area contributed by atoms with Crippen LogP contribution in [0.15, 0.2) is 65.8 Å². The number of hydrogen-bond acceptors (Lipinski definition) is 5. The third kappa shape index (κ3) is 5.23. The van der Waals surface area contributed by atoms with Crippen LogP contribution >= 0.6 is 11.6 Å². The quantitative estimate of drug-likeness (QED) is 0.336. The van der Waals surface area contributed by atoms with Gasteiger partial charge in [-0.3, -0.25) is 9.71 Å². The van der Waals surface area contributed by atoms with Crippen LogP contribution in [0.4, 0.5) is 24.7 Å². The fourth-order valence-electron chi connectivity index (χ4n) is 3.79. The highest BCUT2D eigenvalue weighted by Gasteiger charge is 2.34. The van der Waals surface area contributed by atoms with E-state index in [0.29, 0.717) is 33.0 Å². The average Bonchev–Trinajstić information content (AvgIpc) is 2.85. The molecule has 0 saturated carbocycles. The summed E-state index contributed by atoms with van der Waals surface area (Å²) in [5, 5.41) is 0.133. The number of hydrogen-bond donors (Lipinski definition) is 1. The van der Waals surface area contributed by atoms with Crippen molar-refractivity contribution in [3.05, 3.63) is 71.9 Å². The third-order valence-electron chi connectivity index (χ3n) is 5.75. The fourth-order valence-corrected chi connectivity index (χ4v) is 4.85. The minimum atomic E-state index is -2.64. The van der Waals surface area contributed by atoms with E-state index >= 15 is 0 Å². The predicted octanol–water partition coefficient (Wildman–Crippen LogP) is 5.85. The minimum absolute atomic E-state index is 0.133. The van der Waals surface area contributed by atoms with Crippen LogP contribution in [-0.4, -0.2) is 38.2 Å². The average molecular weight is 518 g/mol. The smallest absolute Gasteiger partial charge is 0.251 e. The Morgan fingerprint density at radius 3 is 2.43 bits per heavy atom. The van der Waals surface area contributed by atoms with Gasteiger partial charge in [0.2, 0.25) is 0 Å². The molecule has 0 aliphatic carbocycles. The number of pyridine rings is 1. The highest BCUT2D eigenvalue weighted by Crippen LogP contribution is 2.32. The lowest BCUT2D eigenvalue weighted by molar-refractivity contribution is -0.0221. The Labute approximate surface area is 206 Å². The Balaban J connectivity index is 1.41. The monoisotopic (exact) mass is 517 g/mol. The van der Waals surface area contributed by atoms with Gasteiger partial charge in [-0.1, -0.05) is 17.7 Å². The molecule has 2 aromatic heterocycles. The van der Waals surface area contributed by atoms with E-state index < -0.39 is 22.7 Å². The first-order valence-electron chi connectivity index (χ1n) is 10.8. The number of nitrogens with zero attached hydrogens (tertiary/aromatic N) is 4. The third-order valence-corrected chi connectivity index (χ3v) is 7.16. The number of aromatic nitrogens is 3. The summed E-state index contributed by atoms with van der Waals surface area (Å²) in [5.41, 5.74) is 3.09. The molecule has 1 aliphatic rings. The van der Waals surface area contributed by atoms with Crippen LogP contribution in [0.1, 0.15) is 12.8 Å². The zero-order valence-corrected chi connectivity index (χ0v) is 19.8. The Bertz CT molecular complexity index is 1410. The second-order valence-electron chi connectivity index (χ2n) is 8.16. The van der Waals surface area contributed by atoms with Crippen LogP contribution in [-0.2, 0) is 11.0 Å². The Hall–Kier alpha value is -3.24. The molecule has 1 aliphatic heterocycles. The molecule has 35 heavy (non-hydrogen) atoms. The van der Waals surface area contributed by atoms with Crippen molar-refractivity contribution >= 4 is 45.1 Å². The molecule has 0 radical (unpaired) electrons. The molecular formula is C24H19ClF3N5OS. The van der Waals surface area contributed by atoms with Crippen LogP contribution in [0.5, 0.6) is 0 Å². The van der Waals surface area contributed by atoms with Gasteiger partial charge in [-0.05, 0) is 48.0 Å². The molecule has 4 aromatic rings. The Morgan fingerprint density at radius 1 is 0.943 bits per heavy atom. The molecule has 2 aromatic carbocycles. The lowest BCUT2D eigenvalue weighted by atomic mass is 10.1. The number of nitrogens with one attached hydrogen (secondary N) is 1. The lowest BCUT2D eigenvalue weighted by Crippen LogP contribution is -2.39. The van der Waals surface area contributed by atoms with Gasteiger partial charge >= 0.3 is 0 Å². The second kappa shape index (κ2) is 9.43. The summed E-state index contributed by atoms with van der Waals surface area (Å²) >= 11 is 6.21. The minimum Gasteiger partial charge on any atom is -0.355 e. The molecule has 1 atom stereocenters. The van der Waals surface area contributed by atoms with E-state index in [4.69, 9.17) is 11.6 Å². The molecule has 1 unspecified atom stereocenters. The number of piperidine rings is 1. The van der Waals surface area contributed by atoms with Crippen molar-refractivity contribution in [1.82, 2.24) is 15.0 Å². The topological polar surface area (TPSA) is 71.0 Å². The van der Waals surface area contributed by atoms with E-state index in [9.17, 15) is 17.4 Å². The summed E-state index contributed by atoms with van der Waals surface area (Å²) in [6.45, 7) is 0.433. The first-order chi connectivity index (χ1) is 16.8. The molecule has 1 saturated heterocycles. The summed E-state index contributed by atoms with van der Waals surface area (Å²) in [4.78, 5) is 15.5. The van der Waals surface area contributed by atoms with Crippen LogP contribution in [0.25, 0.3) is 22.2 Å². The van der Waals surface area contributed by atoms with Crippen molar-refractivity contribution in [2.75, 3.05) is 22.7 Å². The van der Waals surface area contributed by atoms with Gasteiger partial charge in [-0.2, -0.15) is 0 Å². The van der Waals surface area contributed by atoms with E-state index in [1.165, 1.54) is 24.3 Å². The number of alkyl halides is 2. The van der Waals surface area contributed by atoms with Gasteiger partial charge < -0.3 is 4.90 Å². The maximum Gasteiger partial charge on any atom is 0.251 e. The molecule has 1 fully saturated rings. The highest BCUT2D eigenvalue weighted by molar-refractivity contribution is 7.86. The number of benzene rings is 2. The van der Waals surface area contributed by atoms with Crippen molar-refractivity contribution in [3.8, 4) is 11.1 Å². The Morgan fingerprint density at radius 2 is 1.69 bits per heavy atom. The molecule has 6 nitrogen and oxygen atoms in total.